The fourth-order valence-corrected chi connectivity index (χ4v) is 8.10. The summed E-state index contributed by atoms with van der Waals surface area (Å²) in [4.78, 5) is 24.2. The Bertz CT molecular complexity index is 1090. The summed E-state index contributed by atoms with van der Waals surface area (Å²) in [5.74, 6) is 0.402. The molecule has 0 bridgehead atoms. The standard InChI is InChI=1S/C27H34O5.C6H14O2.C2H4/c1-25-14-20(18-6-4-17(15-28)5-7-18)24-19(21(25)8-9-23(25)29)10-12-26(30)16-27(31-2,32-3)13-11-22(24)26;1-4-7-6(3)8-5-2;1-2/h4-7,15,19-21,30H,8-14,16H2,1-3H3;6H,4-5H2,1-3H3;1-2H2/t19-,20+,21-,25-,26+;;/m0../s1. The third-order valence-corrected chi connectivity index (χ3v) is 10.1. The van der Waals surface area contributed by atoms with Crippen LogP contribution in [-0.2, 0) is 23.7 Å². The van der Waals surface area contributed by atoms with Gasteiger partial charge in [-0.3, -0.25) is 9.59 Å². The number of aldehydes is 1. The number of benzene rings is 1. The smallest absolute Gasteiger partial charge is 0.170 e. The number of ketones is 1. The van der Waals surface area contributed by atoms with Gasteiger partial charge in [0.2, 0.25) is 0 Å². The van der Waals surface area contributed by atoms with Gasteiger partial charge in [-0.25, -0.2) is 0 Å². The lowest BCUT2D eigenvalue weighted by atomic mass is 9.51. The highest BCUT2D eigenvalue weighted by Crippen LogP contribution is 2.64. The number of hydrogen-bond donors (Lipinski definition) is 1. The van der Waals surface area contributed by atoms with E-state index in [1.54, 1.807) is 14.2 Å². The van der Waals surface area contributed by atoms with Crippen molar-refractivity contribution in [3.8, 4) is 0 Å². The molecular formula is C35H52O7. The van der Waals surface area contributed by atoms with E-state index in [9.17, 15) is 14.7 Å². The zero-order valence-corrected chi connectivity index (χ0v) is 26.6. The number of carbonyl (C=O) groups excluding carboxylic acids is 2. The molecule has 7 nitrogen and oxygen atoms in total. The molecule has 0 aromatic heterocycles. The number of hydrogen-bond acceptors (Lipinski definition) is 7. The molecule has 0 radical (unpaired) electrons. The zero-order valence-electron chi connectivity index (χ0n) is 26.6. The number of carbonyl (C=O) groups is 2. The minimum atomic E-state index is -0.937. The molecule has 0 unspecified atom stereocenters. The number of methoxy groups -OCH3 is 2. The first-order valence-corrected chi connectivity index (χ1v) is 15.5. The lowest BCUT2D eigenvalue weighted by Crippen LogP contribution is -2.54. The summed E-state index contributed by atoms with van der Waals surface area (Å²) in [6, 6.07) is 7.80. The second kappa shape index (κ2) is 14.5. The molecule has 3 saturated carbocycles. The first-order valence-electron chi connectivity index (χ1n) is 15.5. The van der Waals surface area contributed by atoms with Crippen molar-refractivity contribution < 1.29 is 33.6 Å². The van der Waals surface area contributed by atoms with E-state index in [4.69, 9.17) is 18.9 Å². The van der Waals surface area contributed by atoms with Crippen molar-refractivity contribution in [3.05, 3.63) is 59.7 Å². The van der Waals surface area contributed by atoms with Crippen molar-refractivity contribution in [3.63, 3.8) is 0 Å². The Morgan fingerprint density at radius 3 is 2.19 bits per heavy atom. The molecule has 1 aromatic rings. The van der Waals surface area contributed by atoms with Crippen LogP contribution in [0.5, 0.6) is 0 Å². The number of ether oxygens (including phenoxy) is 4. The van der Waals surface area contributed by atoms with E-state index in [2.05, 4.69) is 20.1 Å². The number of fused-ring (bicyclic) bond motifs is 4. The van der Waals surface area contributed by atoms with Gasteiger partial charge in [0.25, 0.3) is 0 Å². The Morgan fingerprint density at radius 2 is 1.64 bits per heavy atom. The molecule has 0 spiro atoms. The number of Topliss-reactive ketones (excluding diaryl/α,β-unsaturated/α-hetero) is 1. The monoisotopic (exact) mass is 584 g/mol. The molecule has 1 aromatic carbocycles. The maximum absolute atomic E-state index is 13.0. The van der Waals surface area contributed by atoms with Gasteiger partial charge in [0, 0.05) is 63.6 Å². The summed E-state index contributed by atoms with van der Waals surface area (Å²) in [7, 11) is 3.31. The van der Waals surface area contributed by atoms with E-state index in [1.165, 1.54) is 5.57 Å². The molecule has 0 heterocycles. The minimum absolute atomic E-state index is 0.0370. The second-order valence-electron chi connectivity index (χ2n) is 12.1. The molecular weight excluding hydrogens is 532 g/mol. The maximum atomic E-state index is 13.0. The van der Waals surface area contributed by atoms with Crippen LogP contribution in [-0.4, -0.2) is 62.3 Å². The highest BCUT2D eigenvalue weighted by Gasteiger charge is 2.60. The van der Waals surface area contributed by atoms with Crippen molar-refractivity contribution in [1.82, 2.24) is 0 Å². The average Bonchev–Trinajstić information content (AvgIpc) is 3.31. The Labute approximate surface area is 252 Å². The second-order valence-corrected chi connectivity index (χ2v) is 12.1. The van der Waals surface area contributed by atoms with Crippen LogP contribution in [0.1, 0.15) is 101 Å². The molecule has 234 valence electrons. The highest BCUT2D eigenvalue weighted by atomic mass is 16.7. The Kier molecular flexibility index (Phi) is 11.9. The van der Waals surface area contributed by atoms with Crippen LogP contribution < -0.4 is 0 Å². The van der Waals surface area contributed by atoms with E-state index < -0.39 is 11.4 Å². The van der Waals surface area contributed by atoms with E-state index in [-0.39, 0.29) is 17.6 Å². The molecule has 0 amide bonds. The predicted molar refractivity (Wildman–Crippen MR) is 164 cm³/mol. The van der Waals surface area contributed by atoms with Gasteiger partial charge < -0.3 is 24.1 Å². The van der Waals surface area contributed by atoms with Gasteiger partial charge in [-0.15, -0.1) is 13.2 Å². The Hall–Kier alpha value is -2.16. The highest BCUT2D eigenvalue weighted by molar-refractivity contribution is 5.87. The van der Waals surface area contributed by atoms with Crippen LogP contribution in [0.25, 0.3) is 0 Å². The van der Waals surface area contributed by atoms with Crippen molar-refractivity contribution >= 4 is 12.1 Å². The fourth-order valence-electron chi connectivity index (χ4n) is 8.10. The van der Waals surface area contributed by atoms with Gasteiger partial charge in [-0.1, -0.05) is 36.8 Å². The number of rotatable bonds is 8. The Morgan fingerprint density at radius 1 is 1.02 bits per heavy atom. The fraction of sp³-hybridized carbons (Fsp3) is 0.657. The van der Waals surface area contributed by atoms with Crippen LogP contribution in [0.3, 0.4) is 0 Å². The van der Waals surface area contributed by atoms with E-state index in [1.807, 2.05) is 45.0 Å². The summed E-state index contributed by atoms with van der Waals surface area (Å²) in [5, 5.41) is 11.9. The van der Waals surface area contributed by atoms with Crippen LogP contribution in [0.15, 0.2) is 48.6 Å². The first kappa shape index (κ1) is 34.3. The van der Waals surface area contributed by atoms with Crippen molar-refractivity contribution in [1.29, 1.82) is 0 Å². The van der Waals surface area contributed by atoms with Crippen molar-refractivity contribution in [2.45, 2.75) is 103 Å². The average molecular weight is 585 g/mol. The molecule has 7 heteroatoms. The molecule has 4 aliphatic carbocycles. The van der Waals surface area contributed by atoms with Gasteiger partial charge in [-0.05, 0) is 75.8 Å². The lowest BCUT2D eigenvalue weighted by Gasteiger charge is -2.55. The predicted octanol–water partition coefficient (Wildman–Crippen LogP) is 6.79. The topological polar surface area (TPSA) is 91.3 Å². The number of allylic oxidation sites excluding steroid dienone is 1. The molecule has 5 rings (SSSR count). The van der Waals surface area contributed by atoms with Crippen molar-refractivity contribution in [2.24, 2.45) is 17.3 Å². The van der Waals surface area contributed by atoms with Crippen LogP contribution in [0.4, 0.5) is 0 Å². The molecule has 1 N–H and O–H groups in total. The summed E-state index contributed by atoms with van der Waals surface area (Å²) in [5.41, 5.74) is 3.06. The van der Waals surface area contributed by atoms with E-state index >= 15 is 0 Å². The van der Waals surface area contributed by atoms with E-state index in [0.29, 0.717) is 48.9 Å². The van der Waals surface area contributed by atoms with Crippen molar-refractivity contribution in [2.75, 3.05) is 27.4 Å². The van der Waals surface area contributed by atoms with Gasteiger partial charge in [0.1, 0.15) is 12.1 Å². The molecule has 0 saturated heterocycles. The maximum Gasteiger partial charge on any atom is 0.170 e. The van der Waals surface area contributed by atoms with Gasteiger partial charge in [-0.2, -0.15) is 0 Å². The summed E-state index contributed by atoms with van der Waals surface area (Å²) < 4.78 is 21.6. The summed E-state index contributed by atoms with van der Waals surface area (Å²) >= 11 is 0. The summed E-state index contributed by atoms with van der Waals surface area (Å²) in [6.07, 6.45) is 6.68. The molecule has 3 fully saturated rings. The normalized spacial score (nSPS) is 31.1. The van der Waals surface area contributed by atoms with Gasteiger partial charge in [0.15, 0.2) is 12.1 Å². The third kappa shape index (κ3) is 6.66. The zero-order chi connectivity index (χ0) is 31.1. The Balaban J connectivity index is 0.000000421. The van der Waals surface area contributed by atoms with Crippen LogP contribution in [0.2, 0.25) is 0 Å². The molecule has 42 heavy (non-hydrogen) atoms. The molecule has 0 aliphatic heterocycles. The van der Waals surface area contributed by atoms with Gasteiger partial charge in [0.05, 0.1) is 5.60 Å². The molecule has 4 aliphatic rings. The third-order valence-electron chi connectivity index (χ3n) is 10.1. The molecule has 5 atom stereocenters. The van der Waals surface area contributed by atoms with Crippen LogP contribution in [0, 0.1) is 17.3 Å². The minimum Gasteiger partial charge on any atom is -0.385 e. The quantitative estimate of drug-likeness (QED) is 0.204. The number of aliphatic hydroxyl groups is 1. The largest absolute Gasteiger partial charge is 0.385 e. The summed E-state index contributed by atoms with van der Waals surface area (Å²) in [6.45, 7) is 15.4. The SMILES string of the molecule is C=C.CCOC(C)OCC.COC1(OC)CCC2=C3[C@@H](CC[C@@]2(O)C1)[C@@H]1CCC(=O)[C@@]1(C)C[C@@H]3c1ccc(C=O)cc1. The lowest BCUT2D eigenvalue weighted by molar-refractivity contribution is -0.246. The van der Waals surface area contributed by atoms with Crippen LogP contribution >= 0.6 is 0 Å². The van der Waals surface area contributed by atoms with E-state index in [0.717, 1.165) is 56.3 Å². The van der Waals surface area contributed by atoms with Gasteiger partial charge >= 0.3 is 0 Å². The first-order chi connectivity index (χ1) is 20.1.